The normalized spacial score (nSPS) is 24.8. The van der Waals surface area contributed by atoms with Gasteiger partial charge in [-0.1, -0.05) is 31.2 Å². The molecule has 4 heterocycles. The highest BCUT2D eigenvalue weighted by molar-refractivity contribution is 6.62. The van der Waals surface area contributed by atoms with Gasteiger partial charge in [-0.3, -0.25) is 4.79 Å². The molecule has 3 aromatic rings. The first-order valence-corrected chi connectivity index (χ1v) is 15.0. The summed E-state index contributed by atoms with van der Waals surface area (Å²) >= 11 is 0. The van der Waals surface area contributed by atoms with E-state index in [1.54, 1.807) is 0 Å². The number of rotatable bonds is 5. The average molecular weight is 577 g/mol. The van der Waals surface area contributed by atoms with Crippen LogP contribution in [0.4, 0.5) is 4.79 Å². The van der Waals surface area contributed by atoms with Crippen LogP contribution in [0.15, 0.2) is 30.3 Å². The van der Waals surface area contributed by atoms with Crippen molar-refractivity contribution in [2.75, 3.05) is 26.9 Å². The molecule has 0 aliphatic carbocycles. The third kappa shape index (κ3) is 5.16. The number of hydrogen-bond donors (Lipinski definition) is 2. The molecule has 3 atom stereocenters. The number of likely N-dealkylation sites (tertiary alicyclic amines) is 1. The molecule has 3 saturated heterocycles. The topological polar surface area (TPSA) is 115 Å². The summed E-state index contributed by atoms with van der Waals surface area (Å²) < 4.78 is 22.9. The number of fused-ring (bicyclic) bond motifs is 3. The third-order valence-electron chi connectivity index (χ3n) is 9.61. The van der Waals surface area contributed by atoms with Crippen molar-refractivity contribution in [3.05, 3.63) is 36.2 Å². The number of carbonyl (C=O) groups is 2. The van der Waals surface area contributed by atoms with Crippen LogP contribution < -0.4 is 10.8 Å². The Morgan fingerprint density at radius 1 is 1.12 bits per heavy atom. The Hall–Kier alpha value is -3.15. The standard InChI is InChI=1S/C31H41BN4O6/c1-18-15-24(36(17-18)28(37)25(35-29(38)39-6)19-11-13-40-14-12-19)27-33-23-10-7-20-16-21(8-9-22(20)26(23)34-27)32-41-30(2,3)31(4,5)42-32/h7-10,16,18-19,24-25H,11-15,17H2,1-6H3,(H,33,34)(H,35,38). The van der Waals surface area contributed by atoms with Crippen molar-refractivity contribution < 1.29 is 28.4 Å². The Morgan fingerprint density at radius 2 is 1.83 bits per heavy atom. The predicted molar refractivity (Wildman–Crippen MR) is 160 cm³/mol. The Labute approximate surface area is 246 Å². The fraction of sp³-hybridized carbons (Fsp3) is 0.581. The number of H-pyrrole nitrogens is 1. The number of alkyl carbamates (subject to hydrolysis) is 1. The number of methoxy groups -OCH3 is 1. The number of aromatic nitrogens is 2. The molecule has 224 valence electrons. The van der Waals surface area contributed by atoms with Crippen molar-refractivity contribution in [3.8, 4) is 0 Å². The first-order valence-electron chi connectivity index (χ1n) is 15.0. The highest BCUT2D eigenvalue weighted by Gasteiger charge is 2.51. The fourth-order valence-electron chi connectivity index (χ4n) is 6.47. The third-order valence-corrected chi connectivity index (χ3v) is 9.61. The monoisotopic (exact) mass is 576 g/mol. The van der Waals surface area contributed by atoms with Crippen molar-refractivity contribution in [2.24, 2.45) is 11.8 Å². The fourth-order valence-corrected chi connectivity index (χ4v) is 6.47. The van der Waals surface area contributed by atoms with Gasteiger partial charge in [-0.15, -0.1) is 0 Å². The minimum atomic E-state index is -0.673. The van der Waals surface area contributed by atoms with Crippen molar-refractivity contribution in [1.29, 1.82) is 0 Å². The zero-order chi connectivity index (χ0) is 29.8. The van der Waals surface area contributed by atoms with E-state index in [1.165, 1.54) is 7.11 Å². The van der Waals surface area contributed by atoms with E-state index in [9.17, 15) is 9.59 Å². The molecule has 0 spiro atoms. The average Bonchev–Trinajstić information content (AvgIpc) is 3.64. The second kappa shape index (κ2) is 10.8. The Bertz CT molecular complexity index is 1480. The molecule has 2 aromatic carbocycles. The summed E-state index contributed by atoms with van der Waals surface area (Å²) in [6.07, 6.45) is 1.60. The zero-order valence-corrected chi connectivity index (χ0v) is 25.4. The van der Waals surface area contributed by atoms with Crippen molar-refractivity contribution in [3.63, 3.8) is 0 Å². The van der Waals surface area contributed by atoms with Crippen LogP contribution in [0.1, 0.15) is 65.7 Å². The van der Waals surface area contributed by atoms with Gasteiger partial charge in [0.1, 0.15) is 11.9 Å². The van der Waals surface area contributed by atoms with Gasteiger partial charge in [0, 0.05) is 25.1 Å². The number of amides is 2. The van der Waals surface area contributed by atoms with E-state index in [0.29, 0.717) is 38.5 Å². The van der Waals surface area contributed by atoms with E-state index in [0.717, 1.165) is 39.5 Å². The summed E-state index contributed by atoms with van der Waals surface area (Å²) in [5, 5.41) is 4.89. The van der Waals surface area contributed by atoms with Crippen LogP contribution in [0.2, 0.25) is 0 Å². The Morgan fingerprint density at radius 3 is 2.52 bits per heavy atom. The molecule has 10 nitrogen and oxygen atoms in total. The van der Waals surface area contributed by atoms with Crippen molar-refractivity contribution in [2.45, 2.75) is 77.2 Å². The molecule has 2 N–H and O–H groups in total. The zero-order valence-electron chi connectivity index (χ0n) is 25.4. The highest BCUT2D eigenvalue weighted by atomic mass is 16.7. The maximum atomic E-state index is 14.1. The number of nitrogens with one attached hydrogen (secondary N) is 2. The molecule has 3 aliphatic heterocycles. The van der Waals surface area contributed by atoms with Crippen LogP contribution in [-0.4, -0.2) is 78.1 Å². The highest BCUT2D eigenvalue weighted by Crippen LogP contribution is 2.38. The van der Waals surface area contributed by atoms with E-state index in [4.69, 9.17) is 23.8 Å². The Kier molecular flexibility index (Phi) is 7.48. The van der Waals surface area contributed by atoms with Gasteiger partial charge in [0.2, 0.25) is 5.91 Å². The number of nitrogens with zero attached hydrogens (tertiary/aromatic N) is 2. The number of imidazole rings is 1. The van der Waals surface area contributed by atoms with Gasteiger partial charge in [-0.2, -0.15) is 0 Å². The predicted octanol–water partition coefficient (Wildman–Crippen LogP) is 4.08. The second-order valence-electron chi connectivity index (χ2n) is 13.1. The summed E-state index contributed by atoms with van der Waals surface area (Å²) in [6, 6.07) is 9.45. The summed E-state index contributed by atoms with van der Waals surface area (Å²) in [4.78, 5) is 36.8. The van der Waals surface area contributed by atoms with Crippen molar-refractivity contribution >= 4 is 46.4 Å². The molecule has 3 aliphatic rings. The van der Waals surface area contributed by atoms with Gasteiger partial charge in [0.15, 0.2) is 0 Å². The lowest BCUT2D eigenvalue weighted by molar-refractivity contribution is -0.137. The number of carbonyl (C=O) groups excluding carboxylic acids is 2. The smallest absolute Gasteiger partial charge is 0.453 e. The second-order valence-corrected chi connectivity index (χ2v) is 13.1. The van der Waals surface area contributed by atoms with Crippen LogP contribution in [0.25, 0.3) is 21.8 Å². The quantitative estimate of drug-likeness (QED) is 0.440. The summed E-state index contributed by atoms with van der Waals surface area (Å²) in [5.74, 6) is 0.938. The first kappa shape index (κ1) is 29.0. The largest absolute Gasteiger partial charge is 0.494 e. The Balaban J connectivity index is 1.30. The molecule has 0 radical (unpaired) electrons. The summed E-state index contributed by atoms with van der Waals surface area (Å²) in [6.45, 7) is 12.1. The number of aromatic amines is 1. The maximum Gasteiger partial charge on any atom is 0.494 e. The van der Waals surface area contributed by atoms with Gasteiger partial charge in [-0.05, 0) is 75.7 Å². The van der Waals surface area contributed by atoms with Crippen molar-refractivity contribution in [1.82, 2.24) is 20.2 Å². The lowest BCUT2D eigenvalue weighted by Crippen LogP contribution is -2.53. The summed E-state index contributed by atoms with van der Waals surface area (Å²) in [7, 11) is 0.880. The minimum Gasteiger partial charge on any atom is -0.453 e. The van der Waals surface area contributed by atoms with Crippen LogP contribution in [0.5, 0.6) is 0 Å². The van der Waals surface area contributed by atoms with Gasteiger partial charge in [0.25, 0.3) is 0 Å². The van der Waals surface area contributed by atoms with E-state index >= 15 is 0 Å². The maximum absolute atomic E-state index is 14.1. The SMILES string of the molecule is COC(=O)NC(C(=O)N1CC(C)CC1c1nc2c(ccc3cc(B4OC(C)(C)C(C)(C)O4)ccc32)[nH]1)C1CCOCC1. The lowest BCUT2D eigenvalue weighted by Gasteiger charge is -2.34. The number of benzene rings is 2. The van der Waals surface area contributed by atoms with Crippen LogP contribution in [-0.2, 0) is 23.6 Å². The van der Waals surface area contributed by atoms with E-state index in [2.05, 4.69) is 63.1 Å². The van der Waals surface area contributed by atoms with Crippen LogP contribution in [0.3, 0.4) is 0 Å². The first-order chi connectivity index (χ1) is 20.0. The van der Waals surface area contributed by atoms with Crippen LogP contribution >= 0.6 is 0 Å². The molecular formula is C31H41BN4O6. The number of hydrogen-bond acceptors (Lipinski definition) is 7. The molecule has 11 heteroatoms. The number of ether oxygens (including phenoxy) is 2. The molecule has 3 unspecified atom stereocenters. The van der Waals surface area contributed by atoms with E-state index < -0.39 is 30.5 Å². The van der Waals surface area contributed by atoms with Gasteiger partial charge in [-0.25, -0.2) is 9.78 Å². The molecule has 6 rings (SSSR count). The lowest BCUT2D eigenvalue weighted by atomic mass is 9.78. The molecule has 1 aromatic heterocycles. The van der Waals surface area contributed by atoms with Gasteiger partial charge < -0.3 is 34.0 Å². The summed E-state index contributed by atoms with van der Waals surface area (Å²) in [5.41, 5.74) is 1.93. The van der Waals surface area contributed by atoms with E-state index in [-0.39, 0.29) is 17.9 Å². The van der Waals surface area contributed by atoms with Gasteiger partial charge >= 0.3 is 13.2 Å². The molecule has 2 amide bonds. The van der Waals surface area contributed by atoms with Gasteiger partial charge in [0.05, 0.1) is 35.4 Å². The van der Waals surface area contributed by atoms with E-state index in [1.807, 2.05) is 17.0 Å². The molecule has 0 bridgehead atoms. The molecule has 3 fully saturated rings. The molecular weight excluding hydrogens is 535 g/mol. The molecule has 0 saturated carbocycles. The van der Waals surface area contributed by atoms with Crippen LogP contribution in [0, 0.1) is 11.8 Å². The molecule has 42 heavy (non-hydrogen) atoms. The minimum absolute atomic E-state index is 0.0142.